The number of hydrogen-bond donors (Lipinski definition) is 4. The number of para-hydroxylation sites is 1. The normalized spacial score (nSPS) is 16.8. The molecule has 2 aromatic rings. The van der Waals surface area contributed by atoms with Gasteiger partial charge in [-0.3, -0.25) is 9.69 Å². The Morgan fingerprint density at radius 2 is 1.69 bits per heavy atom. The van der Waals surface area contributed by atoms with Crippen molar-refractivity contribution in [3.05, 3.63) is 70.8 Å². The van der Waals surface area contributed by atoms with Gasteiger partial charge in [0.05, 0.1) is 17.4 Å². The predicted molar refractivity (Wildman–Crippen MR) is 168 cm³/mol. The molecule has 5 N–H and O–H groups in total. The first kappa shape index (κ1) is 34.2. The minimum Gasteiger partial charge on any atom is -0.508 e. The molecule has 39 heavy (non-hydrogen) atoms. The number of nitrogens with two attached hydrogens (primary N) is 1. The van der Waals surface area contributed by atoms with Crippen molar-refractivity contribution >= 4 is 17.4 Å². The van der Waals surface area contributed by atoms with Crippen molar-refractivity contribution in [2.24, 2.45) is 16.6 Å². The highest BCUT2D eigenvalue weighted by molar-refractivity contribution is 6.00. The molecule has 0 bridgehead atoms. The number of anilines is 1. The van der Waals surface area contributed by atoms with Gasteiger partial charge < -0.3 is 21.5 Å². The summed E-state index contributed by atoms with van der Waals surface area (Å²) in [5, 5.41) is 15.4. The van der Waals surface area contributed by atoms with Crippen LogP contribution in [0.3, 0.4) is 0 Å². The summed E-state index contributed by atoms with van der Waals surface area (Å²) in [4.78, 5) is 14.6. The van der Waals surface area contributed by atoms with Crippen LogP contribution >= 0.6 is 0 Å². The van der Waals surface area contributed by atoms with Gasteiger partial charge in [-0.25, -0.2) is 0 Å². The molecule has 0 aromatic heterocycles. The third-order valence-electron chi connectivity index (χ3n) is 8.12. The third kappa shape index (κ3) is 7.86. The lowest BCUT2D eigenvalue weighted by molar-refractivity contribution is -0.171. The van der Waals surface area contributed by atoms with E-state index in [9.17, 15) is 4.79 Å². The van der Waals surface area contributed by atoms with Crippen LogP contribution in [0.5, 0.6) is 0 Å². The summed E-state index contributed by atoms with van der Waals surface area (Å²) in [5.41, 5.74) is 12.4. The standard InChI is InChI=1S/C19H30N4O.C10H12O.2C2H6/c1-13(23-11-19(12-23)9-8-18(19,2)3)22-16-14(10-20)6-5-7-15(16)17(24)21-4;1-7-4-5-8(2)10(6-7)9(3)11;2*1-2/h5-7,13,22H,8-12,20H2,1-4H3,(H,21,24);4-6,11H,3H2,1-2H3;2*1-2H3. The predicted octanol–water partition coefficient (Wildman–Crippen LogP) is 7.27. The lowest BCUT2D eigenvalue weighted by Crippen LogP contribution is -2.70. The number of aliphatic hydroxyl groups excluding tert-OH is 1. The molecule has 1 saturated carbocycles. The van der Waals surface area contributed by atoms with Gasteiger partial charge >= 0.3 is 0 Å². The molecule has 6 heteroatoms. The van der Waals surface area contributed by atoms with Crippen LogP contribution in [0.1, 0.15) is 93.9 Å². The number of nitrogens with one attached hydrogen (secondary N) is 2. The molecule has 1 aliphatic heterocycles. The molecule has 4 rings (SSSR count). The summed E-state index contributed by atoms with van der Waals surface area (Å²) in [6, 6.07) is 11.6. The number of aliphatic hydroxyl groups is 1. The molecule has 1 heterocycles. The zero-order valence-electron chi connectivity index (χ0n) is 26.2. The molecule has 2 fully saturated rings. The van der Waals surface area contributed by atoms with Gasteiger partial charge in [-0.1, -0.05) is 78.0 Å². The van der Waals surface area contributed by atoms with Gasteiger partial charge in [-0.05, 0) is 62.3 Å². The van der Waals surface area contributed by atoms with E-state index >= 15 is 0 Å². The van der Waals surface area contributed by atoms with Crippen molar-refractivity contribution in [1.29, 1.82) is 0 Å². The van der Waals surface area contributed by atoms with Gasteiger partial charge in [0.15, 0.2) is 0 Å². The van der Waals surface area contributed by atoms with Crippen LogP contribution in [0, 0.1) is 24.7 Å². The minimum atomic E-state index is -0.0831. The van der Waals surface area contributed by atoms with Crippen LogP contribution in [0.15, 0.2) is 43.0 Å². The van der Waals surface area contributed by atoms with Crippen molar-refractivity contribution in [2.75, 3.05) is 25.5 Å². The number of nitrogens with zero attached hydrogens (tertiary/aromatic N) is 1. The summed E-state index contributed by atoms with van der Waals surface area (Å²) in [6.07, 6.45) is 2.86. The quantitative estimate of drug-likeness (QED) is 0.290. The Morgan fingerprint density at radius 1 is 1.08 bits per heavy atom. The van der Waals surface area contributed by atoms with Gasteiger partial charge in [-0.15, -0.1) is 0 Å². The Balaban J connectivity index is 0.000000425. The minimum absolute atomic E-state index is 0.0831. The van der Waals surface area contributed by atoms with E-state index in [1.165, 1.54) is 12.8 Å². The van der Waals surface area contributed by atoms with Gasteiger partial charge in [-0.2, -0.15) is 0 Å². The lowest BCUT2D eigenvalue weighted by Gasteiger charge is -2.67. The number of hydrogen-bond acceptors (Lipinski definition) is 5. The van der Waals surface area contributed by atoms with E-state index in [0.717, 1.165) is 41.0 Å². The van der Waals surface area contributed by atoms with E-state index in [2.05, 4.69) is 42.9 Å². The average molecular weight is 539 g/mol. The first-order chi connectivity index (χ1) is 18.4. The molecule has 6 nitrogen and oxygen atoms in total. The van der Waals surface area contributed by atoms with Crippen molar-refractivity contribution in [3.8, 4) is 0 Å². The van der Waals surface area contributed by atoms with Crippen LogP contribution in [0.4, 0.5) is 5.69 Å². The van der Waals surface area contributed by atoms with Gasteiger partial charge in [0.1, 0.15) is 5.76 Å². The second-order valence-electron chi connectivity index (χ2n) is 10.8. The third-order valence-corrected chi connectivity index (χ3v) is 8.12. The van der Waals surface area contributed by atoms with E-state index < -0.39 is 0 Å². The largest absolute Gasteiger partial charge is 0.508 e. The molecule has 0 radical (unpaired) electrons. The highest BCUT2D eigenvalue weighted by atomic mass is 16.3. The van der Waals surface area contributed by atoms with E-state index in [4.69, 9.17) is 10.8 Å². The van der Waals surface area contributed by atoms with E-state index in [1.54, 1.807) is 7.05 Å². The van der Waals surface area contributed by atoms with Gasteiger partial charge in [0.25, 0.3) is 5.91 Å². The van der Waals surface area contributed by atoms with Crippen LogP contribution in [0.25, 0.3) is 5.76 Å². The topological polar surface area (TPSA) is 90.6 Å². The van der Waals surface area contributed by atoms with E-state index in [-0.39, 0.29) is 17.8 Å². The zero-order chi connectivity index (χ0) is 30.0. The second kappa shape index (κ2) is 15.1. The Labute approximate surface area is 238 Å². The number of amides is 1. The van der Waals surface area contributed by atoms with Gasteiger partial charge in [0, 0.05) is 37.7 Å². The Bertz CT molecular complexity index is 1090. The van der Waals surface area contributed by atoms with Crippen LogP contribution in [-0.2, 0) is 6.54 Å². The molecule has 1 saturated heterocycles. The van der Waals surface area contributed by atoms with E-state index in [0.29, 0.717) is 22.9 Å². The highest BCUT2D eigenvalue weighted by Gasteiger charge is 2.59. The van der Waals surface area contributed by atoms with Crippen molar-refractivity contribution < 1.29 is 9.90 Å². The molecule has 1 aliphatic carbocycles. The monoisotopic (exact) mass is 538 g/mol. The number of benzene rings is 2. The van der Waals surface area contributed by atoms with Crippen molar-refractivity contribution in [3.63, 3.8) is 0 Å². The first-order valence-corrected chi connectivity index (χ1v) is 14.4. The SMILES string of the molecule is C=C(O)c1cc(C)ccc1C.CC.CC.CNC(=O)c1cccc(CN)c1NC(C)N1CC2(CCC2(C)C)C1. The molecule has 1 amide bonds. The lowest BCUT2D eigenvalue weighted by atomic mass is 9.47. The maximum atomic E-state index is 12.2. The maximum absolute atomic E-state index is 12.2. The van der Waals surface area contributed by atoms with E-state index in [1.807, 2.05) is 77.9 Å². The van der Waals surface area contributed by atoms with Crippen LogP contribution < -0.4 is 16.4 Å². The molecule has 2 aliphatic rings. The fourth-order valence-electron chi connectivity index (χ4n) is 5.18. The molecule has 218 valence electrons. The van der Waals surface area contributed by atoms with Crippen molar-refractivity contribution in [2.45, 2.75) is 87.9 Å². The highest BCUT2D eigenvalue weighted by Crippen LogP contribution is 2.61. The summed E-state index contributed by atoms with van der Waals surface area (Å²) >= 11 is 0. The molecule has 1 spiro atoms. The molecule has 1 atom stereocenters. The van der Waals surface area contributed by atoms with Crippen molar-refractivity contribution in [1.82, 2.24) is 10.2 Å². The summed E-state index contributed by atoms with van der Waals surface area (Å²) < 4.78 is 0. The average Bonchev–Trinajstić information content (AvgIpc) is 2.91. The summed E-state index contributed by atoms with van der Waals surface area (Å²) in [5.74, 6) is 0.0615. The summed E-state index contributed by atoms with van der Waals surface area (Å²) in [6.45, 7) is 25.1. The number of aryl methyl sites for hydroxylation is 2. The van der Waals surface area contributed by atoms with Crippen LogP contribution in [0.2, 0.25) is 0 Å². The molecule has 2 aromatic carbocycles. The number of carbonyl (C=O) groups is 1. The fourth-order valence-corrected chi connectivity index (χ4v) is 5.18. The maximum Gasteiger partial charge on any atom is 0.253 e. The zero-order valence-corrected chi connectivity index (χ0v) is 26.2. The second-order valence-corrected chi connectivity index (χ2v) is 10.8. The summed E-state index contributed by atoms with van der Waals surface area (Å²) in [7, 11) is 1.66. The Kier molecular flexibility index (Phi) is 13.2. The smallest absolute Gasteiger partial charge is 0.253 e. The molecular formula is C33H54N4O2. The Hall–Kier alpha value is -2.83. The van der Waals surface area contributed by atoms with Gasteiger partial charge in [0.2, 0.25) is 0 Å². The molecule has 1 unspecified atom stereocenters. The number of carbonyl (C=O) groups excluding carboxylic acids is 1. The number of likely N-dealkylation sites (tertiary alicyclic amines) is 1. The number of rotatable bonds is 6. The molecular weight excluding hydrogens is 484 g/mol. The first-order valence-electron chi connectivity index (χ1n) is 14.4. The van der Waals surface area contributed by atoms with Crippen LogP contribution in [-0.4, -0.2) is 42.2 Å². The Morgan fingerprint density at radius 3 is 2.13 bits per heavy atom. The fraction of sp³-hybridized carbons (Fsp3) is 0.545.